The average Bonchev–Trinajstić information content (AvgIpc) is 3.07. The lowest BCUT2D eigenvalue weighted by atomic mass is 10.1. The van der Waals surface area contributed by atoms with Gasteiger partial charge < -0.3 is 4.74 Å². The lowest BCUT2D eigenvalue weighted by molar-refractivity contribution is 0.0983. The Hall–Kier alpha value is -0.990. The second-order valence-corrected chi connectivity index (χ2v) is 8.82. The van der Waals surface area contributed by atoms with Crippen molar-refractivity contribution in [3.8, 4) is 0 Å². The number of thiazole rings is 1. The van der Waals surface area contributed by atoms with Crippen molar-refractivity contribution in [2.75, 3.05) is 13.7 Å². The largest absolute Gasteiger partial charge is 0.383 e. The molecule has 1 amide bonds. The molecule has 0 aromatic carbocycles. The van der Waals surface area contributed by atoms with Crippen molar-refractivity contribution in [3.63, 3.8) is 0 Å². The molecule has 1 atom stereocenters. The van der Waals surface area contributed by atoms with Crippen molar-refractivity contribution in [3.05, 3.63) is 15.6 Å². The smallest absolute Gasteiger partial charge is 0.276 e. The summed E-state index contributed by atoms with van der Waals surface area (Å²) in [6.07, 6.45) is 4.57. The molecule has 1 N–H and O–H groups in total. The summed E-state index contributed by atoms with van der Waals surface area (Å²) >= 11 is 1.31. The lowest BCUT2D eigenvalue weighted by Crippen LogP contribution is -2.38. The number of nitrogens with zero attached hydrogens (tertiary/aromatic N) is 1. The lowest BCUT2D eigenvalue weighted by Gasteiger charge is -2.12. The summed E-state index contributed by atoms with van der Waals surface area (Å²) in [5.74, 6) is -0.184. The Morgan fingerprint density at radius 3 is 2.68 bits per heavy atom. The topological polar surface area (TPSA) is 85.4 Å². The monoisotopic (exact) mass is 346 g/mol. The zero-order valence-electron chi connectivity index (χ0n) is 13.1. The van der Waals surface area contributed by atoms with Crippen LogP contribution in [0.4, 0.5) is 0 Å². The molecular formula is C14H22N2O4S2. The molecule has 1 aromatic heterocycles. The van der Waals surface area contributed by atoms with Crippen LogP contribution in [-0.4, -0.2) is 38.3 Å². The predicted molar refractivity (Wildman–Crippen MR) is 85.8 cm³/mol. The second kappa shape index (κ2) is 7.06. The number of aryl methyl sites for hydroxylation is 1. The van der Waals surface area contributed by atoms with Crippen molar-refractivity contribution >= 4 is 27.3 Å². The van der Waals surface area contributed by atoms with E-state index in [-0.39, 0.29) is 6.61 Å². The van der Waals surface area contributed by atoms with Gasteiger partial charge in [0, 0.05) is 13.0 Å². The first-order valence-electron chi connectivity index (χ1n) is 7.37. The number of methoxy groups -OCH3 is 1. The second-order valence-electron chi connectivity index (χ2n) is 5.69. The Bertz CT molecular complexity index is 633. The summed E-state index contributed by atoms with van der Waals surface area (Å²) in [7, 11) is -2.32. The van der Waals surface area contributed by atoms with E-state index in [4.69, 9.17) is 4.74 Å². The maximum Gasteiger partial charge on any atom is 0.276 e. The highest BCUT2D eigenvalue weighted by Gasteiger charge is 2.28. The van der Waals surface area contributed by atoms with Crippen LogP contribution in [0.2, 0.25) is 0 Å². The minimum Gasteiger partial charge on any atom is -0.383 e. The van der Waals surface area contributed by atoms with Gasteiger partial charge in [0.2, 0.25) is 10.0 Å². The minimum absolute atomic E-state index is 0.0393. The fourth-order valence-corrected chi connectivity index (χ4v) is 4.65. The fourth-order valence-electron chi connectivity index (χ4n) is 2.58. The molecule has 1 heterocycles. The van der Waals surface area contributed by atoms with E-state index in [9.17, 15) is 13.2 Å². The van der Waals surface area contributed by atoms with E-state index in [0.717, 1.165) is 17.8 Å². The summed E-state index contributed by atoms with van der Waals surface area (Å²) in [5.41, 5.74) is 0.596. The number of amides is 1. The van der Waals surface area contributed by atoms with E-state index in [1.807, 2.05) is 0 Å². The molecule has 2 rings (SSSR count). The number of carbonyl (C=O) groups excluding carboxylic acids is 1. The molecule has 1 unspecified atom stereocenters. The van der Waals surface area contributed by atoms with Crippen LogP contribution in [0.5, 0.6) is 0 Å². The summed E-state index contributed by atoms with van der Waals surface area (Å²) < 4.78 is 31.1. The Morgan fingerprint density at radius 2 is 2.09 bits per heavy atom. The van der Waals surface area contributed by atoms with Crippen molar-refractivity contribution in [1.82, 2.24) is 9.71 Å². The van der Waals surface area contributed by atoms with Gasteiger partial charge in [-0.15, -0.1) is 11.3 Å². The average molecular weight is 346 g/mol. The summed E-state index contributed by atoms with van der Waals surface area (Å²) in [6.45, 7) is 3.29. The van der Waals surface area contributed by atoms with E-state index in [1.165, 1.54) is 38.2 Å². The Kier molecular flexibility index (Phi) is 5.57. The number of rotatable bonds is 6. The van der Waals surface area contributed by atoms with Gasteiger partial charge in [0.1, 0.15) is 10.1 Å². The van der Waals surface area contributed by atoms with Crippen LogP contribution in [0.3, 0.4) is 0 Å². The predicted octanol–water partition coefficient (Wildman–Crippen LogP) is 2.20. The molecule has 8 heteroatoms. The van der Waals surface area contributed by atoms with Gasteiger partial charge in [0.25, 0.3) is 5.91 Å². The van der Waals surface area contributed by atoms with E-state index < -0.39 is 21.2 Å². The first-order valence-corrected chi connectivity index (χ1v) is 9.73. The Balaban J connectivity index is 2.12. The summed E-state index contributed by atoms with van der Waals surface area (Å²) in [6, 6.07) is 0. The third-order valence-electron chi connectivity index (χ3n) is 3.89. The van der Waals surface area contributed by atoms with E-state index in [2.05, 4.69) is 9.71 Å². The number of carbonyl (C=O) groups is 1. The van der Waals surface area contributed by atoms with E-state index in [0.29, 0.717) is 16.5 Å². The molecule has 0 spiro atoms. The number of nitrogens with one attached hydrogen (secondary N) is 1. The molecule has 1 fully saturated rings. The van der Waals surface area contributed by atoms with Crippen molar-refractivity contribution in [2.24, 2.45) is 0 Å². The first kappa shape index (κ1) is 17.4. The highest BCUT2D eigenvalue weighted by atomic mass is 32.2. The number of aromatic nitrogens is 1. The van der Waals surface area contributed by atoms with Gasteiger partial charge in [-0.05, 0) is 26.7 Å². The van der Waals surface area contributed by atoms with Crippen molar-refractivity contribution in [2.45, 2.75) is 50.7 Å². The molecule has 0 bridgehead atoms. The molecule has 6 nitrogen and oxygen atoms in total. The molecule has 1 aliphatic carbocycles. The maximum atomic E-state index is 12.3. The molecule has 0 radical (unpaired) electrons. The van der Waals surface area contributed by atoms with Gasteiger partial charge in [0.15, 0.2) is 0 Å². The van der Waals surface area contributed by atoms with Crippen LogP contribution in [0.15, 0.2) is 0 Å². The van der Waals surface area contributed by atoms with Crippen LogP contribution in [0, 0.1) is 6.92 Å². The molecular weight excluding hydrogens is 324 g/mol. The summed E-state index contributed by atoms with van der Waals surface area (Å²) in [4.78, 5) is 17.1. The molecule has 1 aromatic rings. The van der Waals surface area contributed by atoms with Gasteiger partial charge in [-0.3, -0.25) is 4.79 Å². The van der Waals surface area contributed by atoms with E-state index in [1.54, 1.807) is 6.92 Å². The van der Waals surface area contributed by atoms with Gasteiger partial charge >= 0.3 is 0 Å². The highest BCUT2D eigenvalue weighted by Crippen LogP contribution is 2.37. The fraction of sp³-hybridized carbons (Fsp3) is 0.714. The molecule has 124 valence electrons. The molecule has 22 heavy (non-hydrogen) atoms. The normalized spacial score (nSPS) is 17.6. The standard InChI is InChI=1S/C14H22N2O4S2/c1-9(8-20-3)22(18,19)16-13(17)12-10(2)15-14(21-12)11-6-4-5-7-11/h9,11H,4-8H2,1-3H3,(H,16,17). The third kappa shape index (κ3) is 3.85. The number of hydrogen-bond acceptors (Lipinski definition) is 6. The van der Waals surface area contributed by atoms with Gasteiger partial charge in [-0.25, -0.2) is 18.1 Å². The van der Waals surface area contributed by atoms with Crippen LogP contribution < -0.4 is 4.72 Å². The molecule has 1 saturated carbocycles. The summed E-state index contributed by atoms with van der Waals surface area (Å²) in [5, 5.41) is 0.159. The number of hydrogen-bond donors (Lipinski definition) is 1. The quantitative estimate of drug-likeness (QED) is 0.853. The maximum absolute atomic E-state index is 12.3. The minimum atomic E-state index is -3.74. The zero-order valence-corrected chi connectivity index (χ0v) is 14.7. The third-order valence-corrected chi connectivity index (χ3v) is 6.87. The highest BCUT2D eigenvalue weighted by molar-refractivity contribution is 7.90. The zero-order chi connectivity index (χ0) is 16.3. The van der Waals surface area contributed by atoms with Crippen LogP contribution in [0.25, 0.3) is 0 Å². The van der Waals surface area contributed by atoms with Gasteiger partial charge in [0.05, 0.1) is 17.3 Å². The Labute approximate surface area is 135 Å². The molecule has 0 aliphatic heterocycles. The number of ether oxygens (including phenoxy) is 1. The first-order chi connectivity index (χ1) is 10.3. The van der Waals surface area contributed by atoms with Gasteiger partial charge in [-0.2, -0.15) is 0 Å². The van der Waals surface area contributed by atoms with E-state index >= 15 is 0 Å². The van der Waals surface area contributed by atoms with Crippen molar-refractivity contribution < 1.29 is 17.9 Å². The van der Waals surface area contributed by atoms with Crippen LogP contribution in [0.1, 0.15) is 58.9 Å². The van der Waals surface area contributed by atoms with Gasteiger partial charge in [-0.1, -0.05) is 12.8 Å². The molecule has 1 aliphatic rings. The van der Waals surface area contributed by atoms with Crippen molar-refractivity contribution in [1.29, 1.82) is 0 Å². The van der Waals surface area contributed by atoms with Crippen LogP contribution in [-0.2, 0) is 14.8 Å². The molecule has 0 saturated heterocycles. The number of sulfonamides is 1. The SMILES string of the molecule is COCC(C)S(=O)(=O)NC(=O)c1sc(C2CCCC2)nc1C. The Morgan fingerprint density at radius 1 is 1.45 bits per heavy atom. The van der Waals surface area contributed by atoms with Crippen LogP contribution >= 0.6 is 11.3 Å².